The van der Waals surface area contributed by atoms with Crippen LogP contribution in [-0.2, 0) is 80.4 Å². The van der Waals surface area contributed by atoms with Crippen LogP contribution in [0.4, 0.5) is 0 Å². The van der Waals surface area contributed by atoms with E-state index in [-0.39, 0.29) is 133 Å². The van der Waals surface area contributed by atoms with Crippen LogP contribution in [0.5, 0.6) is 0 Å². The van der Waals surface area contributed by atoms with Crippen LogP contribution in [0.2, 0.25) is 0 Å². The van der Waals surface area contributed by atoms with E-state index in [4.69, 9.17) is 55.2 Å². The minimum Gasteiger partial charge on any atom is -0.393 e. The number of aliphatic hydroxyl groups is 8. The van der Waals surface area contributed by atoms with E-state index in [1.54, 1.807) is 20.8 Å². The first-order valence-electron chi connectivity index (χ1n) is 50.8. The van der Waals surface area contributed by atoms with Crippen LogP contribution in [0.1, 0.15) is 225 Å². The zero-order valence-electron chi connectivity index (χ0n) is 93.4. The fourth-order valence-corrected chi connectivity index (χ4v) is 17.0. The predicted molar refractivity (Wildman–Crippen MR) is 604 cm³/mol. The first-order valence-corrected chi connectivity index (χ1v) is 50.8. The summed E-state index contributed by atoms with van der Waals surface area (Å²) in [7, 11) is 0. The summed E-state index contributed by atoms with van der Waals surface area (Å²) in [5.41, 5.74) is 41.5. The number of para-hydroxylation sites is 8. The van der Waals surface area contributed by atoms with E-state index in [9.17, 15) is 25.5 Å². The first-order chi connectivity index (χ1) is 67.9. The van der Waals surface area contributed by atoms with Crippen molar-refractivity contribution in [2.75, 3.05) is 0 Å². The summed E-state index contributed by atoms with van der Waals surface area (Å²) in [6.07, 6.45) is -1.31. The Labute approximate surface area is 943 Å². The van der Waals surface area contributed by atoms with Crippen molar-refractivity contribution in [2.24, 2.45) is 28.1 Å². The topological polar surface area (TPSA) is 265 Å². The predicted octanol–water partition coefficient (Wildman–Crippen LogP) is 28.9. The maximum atomic E-state index is 9.76. The van der Waals surface area contributed by atoms with Crippen molar-refractivity contribution < 1.29 is 121 Å². The molecule has 12 aromatic carbocycles. The molecule has 16 rings (SSSR count). The molecule has 16 nitrogen and oxygen atoms in total. The summed E-state index contributed by atoms with van der Waals surface area (Å²) >= 11 is 0. The fraction of sp³-hybridized carbons (Fsp3) is 0.380. The van der Waals surface area contributed by atoms with Crippen molar-refractivity contribution in [2.45, 2.75) is 296 Å². The third kappa shape index (κ3) is 40.3. The second-order valence-corrected chi connectivity index (χ2v) is 43.9. The van der Waals surface area contributed by atoms with Crippen molar-refractivity contribution in [1.29, 1.82) is 0 Å². The van der Waals surface area contributed by atoms with Crippen molar-refractivity contribution in [3.63, 3.8) is 0 Å². The van der Waals surface area contributed by atoms with Crippen molar-refractivity contribution in [1.82, 2.24) is 39.9 Å². The van der Waals surface area contributed by atoms with Crippen LogP contribution < -0.4 is 0 Å². The Balaban J connectivity index is 0.000000309. The number of aromatic nitrogens is 8. The molecule has 8 N–H and O–H groups in total. The Hall–Kier alpha value is -9.72. The Kier molecular flexibility index (Phi) is 51.3. The summed E-state index contributed by atoms with van der Waals surface area (Å²) in [5.74, 6) is 0.479. The molecule has 4 heterocycles. The van der Waals surface area contributed by atoms with Gasteiger partial charge in [0.1, 0.15) is 0 Å². The fourth-order valence-electron chi connectivity index (χ4n) is 17.0. The quantitative estimate of drug-likeness (QED) is 0.0371. The number of fused-ring (bicyclic) bond motifs is 4. The number of nitrogens with zero attached hydrogens (tertiary/aromatic N) is 8. The van der Waals surface area contributed by atoms with E-state index in [2.05, 4.69) is 256 Å². The molecule has 0 aliphatic rings. The largest absolute Gasteiger partial charge is 0.393 e. The molecule has 16 aromatic rings. The van der Waals surface area contributed by atoms with Gasteiger partial charge in [0.2, 0.25) is 0 Å². The average molecular weight is 2720 g/mol. The van der Waals surface area contributed by atoms with Gasteiger partial charge >= 0.3 is 0 Å². The van der Waals surface area contributed by atoms with E-state index in [0.29, 0.717) is 25.7 Å². The molecule has 0 bridgehead atoms. The molecular formula is C129H158Ir4N8O8-4. The van der Waals surface area contributed by atoms with Crippen molar-refractivity contribution in [3.05, 3.63) is 332 Å². The molecule has 0 fully saturated rings. The van der Waals surface area contributed by atoms with Gasteiger partial charge in [0.05, 0.1) is 116 Å². The number of aryl methyl sites for hydroxylation is 16. The molecule has 8 atom stereocenters. The Morgan fingerprint density at radius 3 is 0.510 bits per heavy atom. The van der Waals surface area contributed by atoms with Crippen LogP contribution in [0.25, 0.3) is 134 Å². The maximum Gasteiger partial charge on any atom is 0.0875 e. The van der Waals surface area contributed by atoms with Gasteiger partial charge in [-0.05, 0) is 194 Å². The van der Waals surface area contributed by atoms with Gasteiger partial charge in [-0.1, -0.05) is 311 Å². The first kappa shape index (κ1) is 130. The van der Waals surface area contributed by atoms with Crippen LogP contribution >= 0.6 is 0 Å². The normalized spacial score (nSPS) is 12.8. The Morgan fingerprint density at radius 2 is 0.369 bits per heavy atom. The van der Waals surface area contributed by atoms with E-state index in [0.717, 1.165) is 156 Å². The molecular weight excluding hydrogens is 2560 g/mol. The van der Waals surface area contributed by atoms with Crippen molar-refractivity contribution in [3.8, 4) is 90.1 Å². The van der Waals surface area contributed by atoms with Gasteiger partial charge in [0.15, 0.2) is 0 Å². The number of aliphatic hydroxyl groups excluding tert-OH is 8. The van der Waals surface area contributed by atoms with Crippen LogP contribution in [0.3, 0.4) is 0 Å². The zero-order valence-corrected chi connectivity index (χ0v) is 103. The van der Waals surface area contributed by atoms with Crippen LogP contribution in [-0.4, -0.2) is 130 Å². The van der Waals surface area contributed by atoms with Gasteiger partial charge in [0, 0.05) is 110 Å². The molecule has 0 aliphatic carbocycles. The van der Waals surface area contributed by atoms with Gasteiger partial charge in [-0.3, -0.25) is 39.9 Å². The Bertz CT molecular complexity index is 5760. The molecule has 4 aromatic heterocycles. The molecule has 149 heavy (non-hydrogen) atoms. The van der Waals surface area contributed by atoms with Gasteiger partial charge in [-0.15, -0.1) is 140 Å². The minimum atomic E-state index is -0.443. The number of benzene rings is 12. The standard InChI is InChI=1S/4C24H21N2.C11H24O2.C9H20O2.C8H18O2.C5H12O2.4Ir/c4*1-15-9-16(2)12-19(11-15)23-24(20-13-17(3)10-18(4)14-20)26-22-8-6-5-7-21(22)25-23;1-10(2,3)8(12)7-9(13)11(4,5)6;1-6(2)8(10)5-9(11)7(3)4;1-6(9)5-7(10)8(2,3)4;1-4(6)3-5(2)7;;;;/h4*5-13H,1-4H3;8-9,12-13H,7H2,1-6H3;6-11H,5H2,1-4H3;6-7,9-10H,5H2,1-4H3;4-7H,3H2,1-2H3;;;;/q4*-1;;;;;;;;. The molecule has 0 aliphatic heterocycles. The maximum absolute atomic E-state index is 9.76. The SMILES string of the molecule is CC(C)(C)C(O)CC(O)C(C)(C)C.CC(C)C(O)CC(O)C(C)C.CC(O)CC(C)O.CC(O)CC(O)C(C)(C)C.Cc1[c-]c(-c2nc3ccccc3nc2-c2cc(C)cc(C)c2)cc(C)c1.Cc1[c-]c(-c2nc3ccccc3nc2-c2cc(C)cc(C)c2)cc(C)c1.Cc1[c-]c(-c2nc3ccccc3nc2-c2cc(C)cc(C)c2)cc(C)c1.Cc1[c-]c(-c2nc3ccccc3nc2-c2cc(C)cc(C)c2)cc(C)c1.[Ir].[Ir].[Ir].[Ir]. The van der Waals surface area contributed by atoms with E-state index >= 15 is 0 Å². The summed E-state index contributed by atoms with van der Waals surface area (Å²) < 4.78 is 0. The smallest absolute Gasteiger partial charge is 0.0875 e. The second-order valence-electron chi connectivity index (χ2n) is 43.9. The molecule has 0 spiro atoms. The van der Waals surface area contributed by atoms with Gasteiger partial charge in [-0.25, -0.2) is 0 Å². The number of rotatable bonds is 18. The number of hydrogen-bond donors (Lipinski definition) is 8. The monoisotopic (exact) mass is 2720 g/mol. The van der Waals surface area contributed by atoms with Gasteiger partial charge < -0.3 is 40.9 Å². The second kappa shape index (κ2) is 58.9. The van der Waals surface area contributed by atoms with Gasteiger partial charge in [-0.2, -0.15) is 0 Å². The average Bonchev–Trinajstić information content (AvgIpc) is 0.785. The molecule has 20 heteroatoms. The van der Waals surface area contributed by atoms with E-state index < -0.39 is 24.4 Å². The van der Waals surface area contributed by atoms with E-state index in [1.165, 1.54) is 66.8 Å². The van der Waals surface area contributed by atoms with Crippen LogP contribution in [0, 0.1) is 163 Å². The molecule has 8 unspecified atom stereocenters. The number of hydrogen-bond acceptors (Lipinski definition) is 16. The van der Waals surface area contributed by atoms with Gasteiger partial charge in [0.25, 0.3) is 0 Å². The molecule has 4 radical (unpaired) electrons. The molecule has 0 saturated heterocycles. The van der Waals surface area contributed by atoms with Crippen LogP contribution in [0.15, 0.2) is 218 Å². The zero-order chi connectivity index (χ0) is 107. The Morgan fingerprint density at radius 1 is 0.208 bits per heavy atom. The summed E-state index contributed by atoms with van der Waals surface area (Å²) in [5, 5.41) is 73.7. The summed E-state index contributed by atoms with van der Waals surface area (Å²) in [4.78, 5) is 39.8. The summed E-state index contributed by atoms with van der Waals surface area (Å²) in [6, 6.07) is 89.3. The minimum absolute atomic E-state index is 0. The summed E-state index contributed by atoms with van der Waals surface area (Å²) in [6.45, 7) is 64.2. The molecule has 802 valence electrons. The third-order valence-corrected chi connectivity index (χ3v) is 24.6. The van der Waals surface area contributed by atoms with E-state index in [1.807, 2.05) is 187 Å². The molecule has 0 saturated carbocycles. The molecule has 0 amide bonds. The van der Waals surface area contributed by atoms with Crippen molar-refractivity contribution >= 4 is 44.1 Å². The third-order valence-electron chi connectivity index (χ3n) is 24.6.